The first-order valence-electron chi connectivity index (χ1n) is 10.9. The predicted molar refractivity (Wildman–Crippen MR) is 123 cm³/mol. The van der Waals surface area contributed by atoms with Crippen molar-refractivity contribution in [3.05, 3.63) is 54.7 Å². The van der Waals surface area contributed by atoms with E-state index in [-0.39, 0.29) is 17.9 Å². The van der Waals surface area contributed by atoms with Crippen LogP contribution < -0.4 is 15.5 Å². The molecule has 4 rings (SSSR count). The van der Waals surface area contributed by atoms with Crippen LogP contribution in [0.25, 0.3) is 0 Å². The van der Waals surface area contributed by atoms with Gasteiger partial charge in [0.15, 0.2) is 0 Å². The number of rotatable bonds is 6. The Bertz CT molecular complexity index is 958. The highest BCUT2D eigenvalue weighted by molar-refractivity contribution is 5.99. The summed E-state index contributed by atoms with van der Waals surface area (Å²) in [7, 11) is 0. The molecule has 2 aromatic rings. The van der Waals surface area contributed by atoms with Gasteiger partial charge in [0.2, 0.25) is 11.9 Å². The highest BCUT2D eigenvalue weighted by atomic mass is 16.5. The Balaban J connectivity index is 1.36. The third kappa shape index (κ3) is 5.42. The molecule has 2 saturated heterocycles. The maximum absolute atomic E-state index is 13.0. The van der Waals surface area contributed by atoms with Crippen LogP contribution in [0.1, 0.15) is 23.2 Å². The normalized spacial score (nSPS) is 18.7. The molecule has 9 heteroatoms. The van der Waals surface area contributed by atoms with Crippen molar-refractivity contribution in [2.75, 3.05) is 54.9 Å². The highest BCUT2D eigenvalue weighted by Crippen LogP contribution is 2.19. The number of benzene rings is 1. The van der Waals surface area contributed by atoms with Gasteiger partial charge < -0.3 is 25.2 Å². The number of likely N-dealkylation sites (tertiary alicyclic amines) is 1. The molecule has 0 bridgehead atoms. The number of nitrogens with zero attached hydrogens (tertiary/aromatic N) is 4. The predicted octanol–water partition coefficient (Wildman–Crippen LogP) is 2.15. The molecular formula is C23H28N6O3. The van der Waals surface area contributed by atoms with Gasteiger partial charge in [-0.05, 0) is 49.2 Å². The molecule has 2 N–H and O–H groups in total. The fourth-order valence-electron chi connectivity index (χ4n) is 3.92. The second-order valence-corrected chi connectivity index (χ2v) is 7.84. The molecule has 2 aliphatic heterocycles. The summed E-state index contributed by atoms with van der Waals surface area (Å²) < 4.78 is 5.41. The van der Waals surface area contributed by atoms with Crippen LogP contribution in [-0.2, 0) is 9.53 Å². The van der Waals surface area contributed by atoms with E-state index in [0.29, 0.717) is 43.5 Å². The van der Waals surface area contributed by atoms with Crippen LogP contribution in [-0.4, -0.2) is 72.1 Å². The topological polar surface area (TPSA) is 99.7 Å². The number of anilines is 3. The van der Waals surface area contributed by atoms with E-state index in [9.17, 15) is 9.59 Å². The zero-order valence-electron chi connectivity index (χ0n) is 18.0. The molecule has 1 aromatic heterocycles. The minimum atomic E-state index is -0.283. The molecule has 1 aromatic carbocycles. The summed E-state index contributed by atoms with van der Waals surface area (Å²) in [5.41, 5.74) is 1.22. The second-order valence-electron chi connectivity index (χ2n) is 7.84. The summed E-state index contributed by atoms with van der Waals surface area (Å²) in [5.74, 6) is 1.16. The van der Waals surface area contributed by atoms with Gasteiger partial charge in [0, 0.05) is 49.7 Å². The minimum absolute atomic E-state index is 0.0268. The lowest BCUT2D eigenvalue weighted by molar-refractivity contribution is -0.111. The van der Waals surface area contributed by atoms with E-state index in [4.69, 9.17) is 4.74 Å². The summed E-state index contributed by atoms with van der Waals surface area (Å²) in [4.78, 5) is 37.5. The van der Waals surface area contributed by atoms with E-state index >= 15 is 0 Å². The van der Waals surface area contributed by atoms with Crippen molar-refractivity contribution in [3.63, 3.8) is 0 Å². The average Bonchev–Trinajstić information content (AvgIpc) is 2.85. The molecule has 9 nitrogen and oxygen atoms in total. The lowest BCUT2D eigenvalue weighted by atomic mass is 10.0. The van der Waals surface area contributed by atoms with Crippen LogP contribution in [0.2, 0.25) is 0 Å². The number of hydrogen-bond donors (Lipinski definition) is 2. The first-order chi connectivity index (χ1) is 15.6. The molecule has 0 aliphatic carbocycles. The Morgan fingerprint density at radius 3 is 2.66 bits per heavy atom. The molecule has 2 fully saturated rings. The Hall–Kier alpha value is -3.46. The van der Waals surface area contributed by atoms with E-state index in [1.807, 2.05) is 11.0 Å². The first-order valence-corrected chi connectivity index (χ1v) is 10.9. The van der Waals surface area contributed by atoms with Crippen molar-refractivity contribution in [1.82, 2.24) is 14.9 Å². The number of ether oxygens (including phenoxy) is 1. The van der Waals surface area contributed by atoms with E-state index < -0.39 is 0 Å². The molecule has 2 amide bonds. The molecule has 32 heavy (non-hydrogen) atoms. The number of amides is 2. The van der Waals surface area contributed by atoms with Crippen molar-refractivity contribution >= 4 is 29.3 Å². The number of carbonyl (C=O) groups excluding carboxylic acids is 2. The fourth-order valence-corrected chi connectivity index (χ4v) is 3.92. The number of morpholine rings is 1. The number of carbonyl (C=O) groups is 2. The molecule has 3 heterocycles. The van der Waals surface area contributed by atoms with Crippen molar-refractivity contribution < 1.29 is 14.3 Å². The Labute approximate surface area is 187 Å². The number of hydrogen-bond acceptors (Lipinski definition) is 7. The largest absolute Gasteiger partial charge is 0.378 e. The van der Waals surface area contributed by atoms with Crippen LogP contribution in [0.3, 0.4) is 0 Å². The van der Waals surface area contributed by atoms with Crippen molar-refractivity contribution in [2.24, 2.45) is 0 Å². The van der Waals surface area contributed by atoms with Gasteiger partial charge in [-0.25, -0.2) is 4.98 Å². The van der Waals surface area contributed by atoms with E-state index in [1.165, 1.54) is 6.08 Å². The van der Waals surface area contributed by atoms with Gasteiger partial charge in [0.25, 0.3) is 5.91 Å². The number of aromatic nitrogens is 2. The zero-order chi connectivity index (χ0) is 22.3. The molecule has 0 radical (unpaired) electrons. The van der Waals surface area contributed by atoms with Crippen LogP contribution >= 0.6 is 0 Å². The molecular weight excluding hydrogens is 408 g/mol. The smallest absolute Gasteiger partial charge is 0.253 e. The molecule has 1 atom stereocenters. The summed E-state index contributed by atoms with van der Waals surface area (Å²) >= 11 is 0. The third-order valence-corrected chi connectivity index (χ3v) is 5.60. The number of nitrogens with one attached hydrogen (secondary N) is 2. The Morgan fingerprint density at radius 1 is 1.12 bits per heavy atom. The maximum atomic E-state index is 13.0. The Morgan fingerprint density at radius 2 is 1.91 bits per heavy atom. The third-order valence-electron chi connectivity index (χ3n) is 5.60. The molecule has 0 saturated carbocycles. The van der Waals surface area contributed by atoms with Gasteiger partial charge in [-0.1, -0.05) is 6.58 Å². The van der Waals surface area contributed by atoms with Gasteiger partial charge in [-0.3, -0.25) is 9.59 Å². The second kappa shape index (κ2) is 10.2. The van der Waals surface area contributed by atoms with Crippen LogP contribution in [0, 0.1) is 0 Å². The monoisotopic (exact) mass is 436 g/mol. The minimum Gasteiger partial charge on any atom is -0.378 e. The lowest BCUT2D eigenvalue weighted by Crippen LogP contribution is -2.45. The molecule has 1 unspecified atom stereocenters. The van der Waals surface area contributed by atoms with Crippen LogP contribution in [0.15, 0.2) is 49.2 Å². The standard InChI is InChI=1S/C23H28N6O3/c1-2-21(30)25-18-7-5-17(6-8-18)22(31)29-11-3-4-19(16-29)26-23-24-10-9-20(27-23)28-12-14-32-15-13-28/h2,5-10,19H,1,3-4,11-16H2,(H,25,30)(H,24,26,27). The number of piperidine rings is 1. The lowest BCUT2D eigenvalue weighted by Gasteiger charge is -2.33. The van der Waals surface area contributed by atoms with Gasteiger partial charge in [0.05, 0.1) is 13.2 Å². The van der Waals surface area contributed by atoms with Crippen molar-refractivity contribution in [2.45, 2.75) is 18.9 Å². The quantitative estimate of drug-likeness (QED) is 0.670. The van der Waals surface area contributed by atoms with Crippen molar-refractivity contribution in [3.8, 4) is 0 Å². The van der Waals surface area contributed by atoms with E-state index in [0.717, 1.165) is 31.7 Å². The van der Waals surface area contributed by atoms with E-state index in [2.05, 4.69) is 32.1 Å². The SMILES string of the molecule is C=CC(=O)Nc1ccc(C(=O)N2CCCC(Nc3nccc(N4CCOCC4)n3)C2)cc1. The van der Waals surface area contributed by atoms with Crippen LogP contribution in [0.5, 0.6) is 0 Å². The average molecular weight is 437 g/mol. The molecule has 168 valence electrons. The van der Waals surface area contributed by atoms with Crippen LogP contribution in [0.4, 0.5) is 17.5 Å². The van der Waals surface area contributed by atoms with Crippen molar-refractivity contribution in [1.29, 1.82) is 0 Å². The highest BCUT2D eigenvalue weighted by Gasteiger charge is 2.25. The summed E-state index contributed by atoms with van der Waals surface area (Å²) in [5, 5.41) is 6.09. The van der Waals surface area contributed by atoms with Gasteiger partial charge in [-0.15, -0.1) is 0 Å². The Kier molecular flexibility index (Phi) is 6.96. The van der Waals surface area contributed by atoms with Gasteiger partial charge >= 0.3 is 0 Å². The summed E-state index contributed by atoms with van der Waals surface area (Å²) in [6.07, 6.45) is 4.82. The maximum Gasteiger partial charge on any atom is 0.253 e. The molecule has 0 spiro atoms. The molecule has 2 aliphatic rings. The summed E-state index contributed by atoms with van der Waals surface area (Å²) in [6.45, 7) is 7.77. The van der Waals surface area contributed by atoms with E-state index in [1.54, 1.807) is 30.5 Å². The summed E-state index contributed by atoms with van der Waals surface area (Å²) in [6, 6.07) is 8.89. The van der Waals surface area contributed by atoms with Gasteiger partial charge in [-0.2, -0.15) is 4.98 Å². The fraction of sp³-hybridized carbons (Fsp3) is 0.391. The zero-order valence-corrected chi connectivity index (χ0v) is 18.0. The van der Waals surface area contributed by atoms with Gasteiger partial charge in [0.1, 0.15) is 5.82 Å². The first kappa shape index (κ1) is 21.8.